The van der Waals surface area contributed by atoms with E-state index >= 15 is 0 Å². The molecule has 1 atom stereocenters. The summed E-state index contributed by atoms with van der Waals surface area (Å²) in [5.41, 5.74) is 0.983. The van der Waals surface area contributed by atoms with E-state index in [-0.39, 0.29) is 6.10 Å². The molecule has 78 valence electrons. The van der Waals surface area contributed by atoms with E-state index in [4.69, 9.17) is 0 Å². The van der Waals surface area contributed by atoms with Crippen molar-refractivity contribution in [3.8, 4) is 0 Å². The Bertz CT molecular complexity index is 247. The third-order valence-corrected chi connectivity index (χ3v) is 3.29. The normalized spacial score (nSPS) is 21.8. The van der Waals surface area contributed by atoms with Crippen LogP contribution in [0.3, 0.4) is 0 Å². The molecule has 1 aliphatic carbocycles. The van der Waals surface area contributed by atoms with Crippen LogP contribution in [-0.4, -0.2) is 10.1 Å². The van der Waals surface area contributed by atoms with Crippen LogP contribution in [0.1, 0.15) is 50.3 Å². The summed E-state index contributed by atoms with van der Waals surface area (Å²) >= 11 is 0. The number of aromatic nitrogens is 1. The second-order valence-corrected chi connectivity index (χ2v) is 4.32. The fraction of sp³-hybridized carbons (Fsp3) is 0.667. The summed E-state index contributed by atoms with van der Waals surface area (Å²) in [6.45, 7) is 0. The number of hydrogen-bond acceptors (Lipinski definition) is 1. The smallest absolute Gasteiger partial charge is 0.0965 e. The lowest BCUT2D eigenvalue weighted by Gasteiger charge is -2.20. The van der Waals surface area contributed by atoms with Gasteiger partial charge in [-0.2, -0.15) is 0 Å². The molecule has 14 heavy (non-hydrogen) atoms. The monoisotopic (exact) mass is 193 g/mol. The number of hydrogen-bond donors (Lipinski definition) is 2. The van der Waals surface area contributed by atoms with E-state index < -0.39 is 0 Å². The number of aromatic amines is 1. The number of aliphatic hydroxyl groups is 1. The van der Waals surface area contributed by atoms with Gasteiger partial charge in [0.2, 0.25) is 0 Å². The molecule has 0 saturated heterocycles. The maximum atomic E-state index is 10.1. The standard InChI is InChI=1S/C12H19NO/c14-12(11-8-5-9-13-11)10-6-3-1-2-4-7-10/h5,8-10,12-14H,1-4,6-7H2. The average molecular weight is 193 g/mol. The Morgan fingerprint density at radius 2 is 1.93 bits per heavy atom. The zero-order valence-electron chi connectivity index (χ0n) is 8.58. The fourth-order valence-corrected chi connectivity index (χ4v) is 2.41. The van der Waals surface area contributed by atoms with Crippen LogP contribution in [0.15, 0.2) is 18.3 Å². The second kappa shape index (κ2) is 4.65. The molecule has 2 nitrogen and oxygen atoms in total. The largest absolute Gasteiger partial charge is 0.387 e. The van der Waals surface area contributed by atoms with E-state index in [9.17, 15) is 5.11 Å². The van der Waals surface area contributed by atoms with Crippen LogP contribution >= 0.6 is 0 Å². The molecule has 1 saturated carbocycles. The molecule has 1 heterocycles. The van der Waals surface area contributed by atoms with Crippen molar-refractivity contribution in [1.82, 2.24) is 4.98 Å². The quantitative estimate of drug-likeness (QED) is 0.696. The summed E-state index contributed by atoms with van der Waals surface area (Å²) in [6.07, 6.45) is 9.21. The van der Waals surface area contributed by atoms with Gasteiger partial charge < -0.3 is 10.1 Å². The third kappa shape index (κ3) is 2.18. The van der Waals surface area contributed by atoms with Crippen molar-refractivity contribution in [3.63, 3.8) is 0 Å². The Kier molecular flexibility index (Phi) is 3.25. The molecule has 0 amide bonds. The maximum Gasteiger partial charge on any atom is 0.0965 e. The molecular weight excluding hydrogens is 174 g/mol. The Morgan fingerprint density at radius 1 is 1.21 bits per heavy atom. The first-order chi connectivity index (χ1) is 6.88. The lowest BCUT2D eigenvalue weighted by Crippen LogP contribution is -2.12. The van der Waals surface area contributed by atoms with Gasteiger partial charge in [0.15, 0.2) is 0 Å². The molecule has 1 aromatic heterocycles. The Hall–Kier alpha value is -0.760. The molecule has 0 aliphatic heterocycles. The average Bonchev–Trinajstić information content (AvgIpc) is 2.59. The van der Waals surface area contributed by atoms with Crippen molar-refractivity contribution in [2.75, 3.05) is 0 Å². The van der Waals surface area contributed by atoms with Gasteiger partial charge >= 0.3 is 0 Å². The van der Waals surface area contributed by atoms with E-state index in [1.165, 1.54) is 38.5 Å². The third-order valence-electron chi connectivity index (χ3n) is 3.29. The van der Waals surface area contributed by atoms with Crippen molar-refractivity contribution in [2.45, 2.75) is 44.6 Å². The van der Waals surface area contributed by atoms with Gasteiger partial charge in [-0.3, -0.25) is 0 Å². The van der Waals surface area contributed by atoms with Gasteiger partial charge in [0.1, 0.15) is 0 Å². The highest BCUT2D eigenvalue weighted by atomic mass is 16.3. The van der Waals surface area contributed by atoms with Gasteiger partial charge in [-0.25, -0.2) is 0 Å². The molecule has 0 spiro atoms. The van der Waals surface area contributed by atoms with E-state index in [2.05, 4.69) is 4.98 Å². The number of H-pyrrole nitrogens is 1. The van der Waals surface area contributed by atoms with Crippen LogP contribution in [0.2, 0.25) is 0 Å². The van der Waals surface area contributed by atoms with Gasteiger partial charge in [-0.1, -0.05) is 25.7 Å². The molecule has 1 aliphatic rings. The minimum Gasteiger partial charge on any atom is -0.387 e. The highest BCUT2D eigenvalue weighted by Gasteiger charge is 2.22. The SMILES string of the molecule is OC(c1ccc[nH]1)C1CCCCCC1. The van der Waals surface area contributed by atoms with Crippen LogP contribution in [0.5, 0.6) is 0 Å². The maximum absolute atomic E-state index is 10.1. The Morgan fingerprint density at radius 3 is 2.50 bits per heavy atom. The Labute approximate surface area is 85.3 Å². The van der Waals surface area contributed by atoms with Crippen molar-refractivity contribution in [2.24, 2.45) is 5.92 Å². The predicted molar refractivity (Wildman–Crippen MR) is 56.9 cm³/mol. The van der Waals surface area contributed by atoms with Crippen molar-refractivity contribution in [3.05, 3.63) is 24.0 Å². The van der Waals surface area contributed by atoms with E-state index in [1.54, 1.807) is 0 Å². The van der Waals surface area contributed by atoms with Gasteiger partial charge in [0.05, 0.1) is 6.10 Å². The lowest BCUT2D eigenvalue weighted by atomic mass is 9.92. The first kappa shape index (κ1) is 9.78. The van der Waals surface area contributed by atoms with Crippen LogP contribution in [0.4, 0.5) is 0 Å². The van der Waals surface area contributed by atoms with Gasteiger partial charge in [0.25, 0.3) is 0 Å². The predicted octanol–water partition coefficient (Wildman–Crippen LogP) is 3.02. The molecule has 2 N–H and O–H groups in total. The van der Waals surface area contributed by atoms with E-state index in [0.29, 0.717) is 5.92 Å². The van der Waals surface area contributed by atoms with Crippen LogP contribution in [0.25, 0.3) is 0 Å². The minimum atomic E-state index is -0.275. The lowest BCUT2D eigenvalue weighted by molar-refractivity contribution is 0.0953. The fourth-order valence-electron chi connectivity index (χ4n) is 2.41. The summed E-state index contributed by atoms with van der Waals surface area (Å²) in [6, 6.07) is 3.94. The molecule has 0 aromatic carbocycles. The molecule has 2 rings (SSSR count). The van der Waals surface area contributed by atoms with Crippen molar-refractivity contribution >= 4 is 0 Å². The first-order valence-corrected chi connectivity index (χ1v) is 5.69. The van der Waals surface area contributed by atoms with Crippen LogP contribution < -0.4 is 0 Å². The summed E-state index contributed by atoms with van der Waals surface area (Å²) in [5.74, 6) is 0.469. The highest BCUT2D eigenvalue weighted by Crippen LogP contribution is 2.32. The number of rotatable bonds is 2. The van der Waals surface area contributed by atoms with Gasteiger partial charge in [0, 0.05) is 11.9 Å². The molecule has 0 radical (unpaired) electrons. The Balaban J connectivity index is 1.99. The van der Waals surface area contributed by atoms with E-state index in [1.807, 2.05) is 18.3 Å². The van der Waals surface area contributed by atoms with Crippen molar-refractivity contribution in [1.29, 1.82) is 0 Å². The minimum absolute atomic E-state index is 0.275. The summed E-state index contributed by atoms with van der Waals surface area (Å²) in [5, 5.41) is 10.1. The summed E-state index contributed by atoms with van der Waals surface area (Å²) in [7, 11) is 0. The topological polar surface area (TPSA) is 36.0 Å². The molecule has 1 fully saturated rings. The van der Waals surface area contributed by atoms with Crippen molar-refractivity contribution < 1.29 is 5.11 Å². The zero-order chi connectivity index (χ0) is 9.80. The van der Waals surface area contributed by atoms with Gasteiger partial charge in [-0.15, -0.1) is 0 Å². The zero-order valence-corrected chi connectivity index (χ0v) is 8.58. The molecule has 1 unspecified atom stereocenters. The molecule has 0 bridgehead atoms. The first-order valence-electron chi connectivity index (χ1n) is 5.69. The second-order valence-electron chi connectivity index (χ2n) is 4.32. The molecule has 2 heteroatoms. The number of nitrogens with one attached hydrogen (secondary N) is 1. The van der Waals surface area contributed by atoms with Crippen LogP contribution in [0, 0.1) is 5.92 Å². The van der Waals surface area contributed by atoms with E-state index in [0.717, 1.165) is 5.69 Å². The summed E-state index contributed by atoms with van der Waals surface area (Å²) < 4.78 is 0. The summed E-state index contributed by atoms with van der Waals surface area (Å²) in [4.78, 5) is 3.10. The highest BCUT2D eigenvalue weighted by molar-refractivity contribution is 5.08. The van der Waals surface area contributed by atoms with Gasteiger partial charge in [-0.05, 0) is 30.9 Å². The van der Waals surface area contributed by atoms with Crippen LogP contribution in [-0.2, 0) is 0 Å². The number of aliphatic hydroxyl groups excluding tert-OH is 1. The molecular formula is C12H19NO. The molecule has 1 aromatic rings.